The second-order valence-corrected chi connectivity index (χ2v) is 5.08. The molecule has 1 rings (SSSR count). The molecule has 1 aliphatic rings. The van der Waals surface area contributed by atoms with Crippen molar-refractivity contribution in [3.8, 4) is 0 Å². The Bertz CT molecular complexity index is 401. The zero-order valence-corrected chi connectivity index (χ0v) is 11.9. The van der Waals surface area contributed by atoms with Crippen LogP contribution in [0.15, 0.2) is 0 Å². The van der Waals surface area contributed by atoms with Crippen molar-refractivity contribution in [1.29, 1.82) is 0 Å². The van der Waals surface area contributed by atoms with Gasteiger partial charge in [0.15, 0.2) is 0 Å². The second kappa shape index (κ2) is 6.56. The number of aliphatic carboxylic acids is 1. The molecule has 20 heavy (non-hydrogen) atoms. The Morgan fingerprint density at radius 2 is 2.10 bits per heavy atom. The fourth-order valence-corrected chi connectivity index (χ4v) is 1.84. The first-order chi connectivity index (χ1) is 9.31. The number of rotatable bonds is 5. The molecule has 0 aromatic rings. The molecule has 0 spiro atoms. The summed E-state index contributed by atoms with van der Waals surface area (Å²) in [7, 11) is 3.07. The van der Waals surface area contributed by atoms with Crippen LogP contribution in [0.4, 0.5) is 4.79 Å². The van der Waals surface area contributed by atoms with Crippen molar-refractivity contribution in [2.24, 2.45) is 5.41 Å². The average Bonchev–Trinajstić information content (AvgIpc) is 2.78. The van der Waals surface area contributed by atoms with E-state index in [0.29, 0.717) is 0 Å². The third-order valence-electron chi connectivity index (χ3n) is 3.54. The van der Waals surface area contributed by atoms with Crippen molar-refractivity contribution in [1.82, 2.24) is 15.5 Å². The van der Waals surface area contributed by atoms with Gasteiger partial charge >= 0.3 is 12.0 Å². The molecule has 114 valence electrons. The lowest BCUT2D eigenvalue weighted by molar-refractivity contribution is -0.148. The van der Waals surface area contributed by atoms with Gasteiger partial charge in [0.2, 0.25) is 5.91 Å². The van der Waals surface area contributed by atoms with Crippen LogP contribution < -0.4 is 10.6 Å². The number of carboxylic acids is 1. The average molecular weight is 287 g/mol. The van der Waals surface area contributed by atoms with Gasteiger partial charge in [-0.25, -0.2) is 4.79 Å². The zero-order valence-electron chi connectivity index (χ0n) is 11.9. The lowest BCUT2D eigenvalue weighted by Gasteiger charge is -2.27. The first kappa shape index (κ1) is 16.2. The minimum atomic E-state index is -1.13. The summed E-state index contributed by atoms with van der Waals surface area (Å²) in [5, 5.41) is 14.3. The number of hydrogen-bond acceptors (Lipinski definition) is 4. The van der Waals surface area contributed by atoms with E-state index in [4.69, 9.17) is 4.74 Å². The van der Waals surface area contributed by atoms with Crippen LogP contribution in [0.25, 0.3) is 0 Å². The number of nitrogens with zero attached hydrogens (tertiary/aromatic N) is 1. The summed E-state index contributed by atoms with van der Waals surface area (Å²) in [6.45, 7) is 2.02. The third kappa shape index (κ3) is 3.60. The van der Waals surface area contributed by atoms with Crippen LogP contribution in [0.2, 0.25) is 0 Å². The molecule has 0 aliphatic carbocycles. The number of amides is 3. The maximum atomic E-state index is 11.9. The highest BCUT2D eigenvalue weighted by Crippen LogP contribution is 2.28. The molecule has 0 aromatic heterocycles. The number of urea groups is 1. The zero-order chi connectivity index (χ0) is 15.3. The van der Waals surface area contributed by atoms with E-state index < -0.39 is 23.5 Å². The van der Waals surface area contributed by atoms with Crippen LogP contribution in [-0.4, -0.2) is 67.8 Å². The number of carbonyl (C=O) groups excluding carboxylic acids is 2. The molecule has 0 radical (unpaired) electrons. The van der Waals surface area contributed by atoms with Crippen molar-refractivity contribution in [2.45, 2.75) is 19.4 Å². The molecule has 1 aliphatic heterocycles. The van der Waals surface area contributed by atoms with Gasteiger partial charge in [-0.2, -0.15) is 0 Å². The Hall–Kier alpha value is -1.83. The topological polar surface area (TPSA) is 108 Å². The maximum Gasteiger partial charge on any atom is 0.317 e. The Balaban J connectivity index is 2.53. The van der Waals surface area contributed by atoms with Gasteiger partial charge in [0.25, 0.3) is 0 Å². The maximum absolute atomic E-state index is 11.9. The summed E-state index contributed by atoms with van der Waals surface area (Å²) in [5.41, 5.74) is -1.13. The van der Waals surface area contributed by atoms with Gasteiger partial charge in [0.05, 0.1) is 19.3 Å². The summed E-state index contributed by atoms with van der Waals surface area (Å²) in [6, 6.07) is -1.01. The van der Waals surface area contributed by atoms with Crippen molar-refractivity contribution in [3.63, 3.8) is 0 Å². The van der Waals surface area contributed by atoms with Crippen molar-refractivity contribution < 1.29 is 24.2 Å². The SMILES string of the molecule is CNC(=O)CCN(C)C(=O)NC1COCC1(C)C(=O)O. The van der Waals surface area contributed by atoms with Gasteiger partial charge in [-0.1, -0.05) is 0 Å². The van der Waals surface area contributed by atoms with Gasteiger partial charge in [0.1, 0.15) is 5.41 Å². The van der Waals surface area contributed by atoms with Crippen molar-refractivity contribution in [3.05, 3.63) is 0 Å². The Morgan fingerprint density at radius 1 is 1.45 bits per heavy atom. The molecule has 3 amide bonds. The van der Waals surface area contributed by atoms with E-state index in [9.17, 15) is 19.5 Å². The number of carbonyl (C=O) groups is 3. The van der Waals surface area contributed by atoms with E-state index >= 15 is 0 Å². The van der Waals surface area contributed by atoms with Crippen LogP contribution in [0.5, 0.6) is 0 Å². The molecule has 1 saturated heterocycles. The largest absolute Gasteiger partial charge is 0.481 e. The highest BCUT2D eigenvalue weighted by atomic mass is 16.5. The molecular formula is C12H21N3O5. The fourth-order valence-electron chi connectivity index (χ4n) is 1.84. The molecule has 3 N–H and O–H groups in total. The minimum Gasteiger partial charge on any atom is -0.481 e. The van der Waals surface area contributed by atoms with Gasteiger partial charge in [-0.15, -0.1) is 0 Å². The minimum absolute atomic E-state index is 0.0647. The lowest BCUT2D eigenvalue weighted by Crippen LogP contribution is -2.53. The van der Waals surface area contributed by atoms with E-state index in [2.05, 4.69) is 10.6 Å². The number of nitrogens with one attached hydrogen (secondary N) is 2. The normalized spacial score (nSPS) is 25.1. The molecule has 8 heteroatoms. The monoisotopic (exact) mass is 287 g/mol. The van der Waals surface area contributed by atoms with Crippen LogP contribution in [0.1, 0.15) is 13.3 Å². The molecule has 0 saturated carbocycles. The Labute approximate surface area is 117 Å². The Kier molecular flexibility index (Phi) is 5.32. The van der Waals surface area contributed by atoms with E-state index in [1.54, 1.807) is 7.05 Å². The third-order valence-corrected chi connectivity index (χ3v) is 3.54. The van der Waals surface area contributed by atoms with E-state index in [1.165, 1.54) is 18.9 Å². The predicted octanol–water partition coefficient (Wildman–Crippen LogP) is -0.746. The number of carboxylic acid groups (broad SMARTS) is 1. The molecule has 2 atom stereocenters. The van der Waals surface area contributed by atoms with Crippen molar-refractivity contribution in [2.75, 3.05) is 33.9 Å². The molecule has 8 nitrogen and oxygen atoms in total. The van der Waals surface area contributed by atoms with Crippen LogP contribution in [0, 0.1) is 5.41 Å². The summed E-state index contributed by atoms with van der Waals surface area (Å²) >= 11 is 0. The first-order valence-electron chi connectivity index (χ1n) is 6.34. The highest BCUT2D eigenvalue weighted by molar-refractivity contribution is 5.80. The van der Waals surface area contributed by atoms with Gasteiger partial charge < -0.3 is 25.4 Å². The fraction of sp³-hybridized carbons (Fsp3) is 0.750. The lowest BCUT2D eigenvalue weighted by atomic mass is 9.85. The van der Waals surface area contributed by atoms with Gasteiger partial charge in [0, 0.05) is 27.1 Å². The number of hydrogen-bond donors (Lipinski definition) is 3. The van der Waals surface area contributed by atoms with Crippen molar-refractivity contribution >= 4 is 17.9 Å². The molecule has 0 aromatic carbocycles. The standard InChI is InChI=1S/C12H21N3O5/c1-12(10(17)18)7-20-6-8(12)14-11(19)15(3)5-4-9(16)13-2/h8H,4-7H2,1-3H3,(H,13,16)(H,14,19)(H,17,18). The molecule has 2 unspecified atom stereocenters. The quantitative estimate of drug-likeness (QED) is 0.617. The van der Waals surface area contributed by atoms with E-state index in [1.807, 2.05) is 0 Å². The smallest absolute Gasteiger partial charge is 0.317 e. The van der Waals surface area contributed by atoms with E-state index in [-0.39, 0.29) is 32.1 Å². The van der Waals surface area contributed by atoms with Crippen LogP contribution in [0.3, 0.4) is 0 Å². The Morgan fingerprint density at radius 3 is 2.65 bits per heavy atom. The molecule has 1 fully saturated rings. The van der Waals surface area contributed by atoms with Gasteiger partial charge in [-0.3, -0.25) is 9.59 Å². The molecule has 1 heterocycles. The highest BCUT2D eigenvalue weighted by Gasteiger charge is 2.47. The van der Waals surface area contributed by atoms with E-state index in [0.717, 1.165) is 0 Å². The summed E-state index contributed by atoms with van der Waals surface area (Å²) in [4.78, 5) is 35.6. The molecular weight excluding hydrogens is 266 g/mol. The summed E-state index contributed by atoms with van der Waals surface area (Å²) in [6.07, 6.45) is 0.192. The van der Waals surface area contributed by atoms with Crippen LogP contribution in [-0.2, 0) is 14.3 Å². The summed E-state index contributed by atoms with van der Waals surface area (Å²) < 4.78 is 5.15. The van der Waals surface area contributed by atoms with Crippen LogP contribution >= 0.6 is 0 Å². The number of ether oxygens (including phenoxy) is 1. The summed E-state index contributed by atoms with van der Waals surface area (Å²) in [5.74, 6) is -1.17. The predicted molar refractivity (Wildman–Crippen MR) is 70.2 cm³/mol. The second-order valence-electron chi connectivity index (χ2n) is 5.08. The molecule has 0 bridgehead atoms. The van der Waals surface area contributed by atoms with Gasteiger partial charge in [-0.05, 0) is 6.92 Å². The first-order valence-corrected chi connectivity index (χ1v) is 6.34.